The van der Waals surface area contributed by atoms with Gasteiger partial charge in [-0.1, -0.05) is 24.3 Å². The van der Waals surface area contributed by atoms with Crippen molar-refractivity contribution in [2.75, 3.05) is 31.1 Å². The topological polar surface area (TPSA) is 49.3 Å². The standard InChI is InChI=1S/C19H18N4O/c24-19(16-5-3-8-20-14-16)23-12-10-22(11-13-23)18-17-6-2-1-4-15(17)7-9-21-18/h1-9,14H,10-13H2. The summed E-state index contributed by atoms with van der Waals surface area (Å²) in [5.41, 5.74) is 0.647. The first-order chi connectivity index (χ1) is 11.8. The van der Waals surface area contributed by atoms with E-state index < -0.39 is 0 Å². The molecule has 5 nitrogen and oxygen atoms in total. The van der Waals surface area contributed by atoms with Crippen LogP contribution in [0.1, 0.15) is 10.4 Å². The van der Waals surface area contributed by atoms with Gasteiger partial charge in [0.2, 0.25) is 0 Å². The van der Waals surface area contributed by atoms with E-state index >= 15 is 0 Å². The number of benzene rings is 1. The highest BCUT2D eigenvalue weighted by molar-refractivity contribution is 5.94. The van der Waals surface area contributed by atoms with Crippen LogP contribution in [0, 0.1) is 0 Å². The molecule has 0 bridgehead atoms. The number of anilines is 1. The molecule has 4 rings (SSSR count). The molecule has 1 amide bonds. The first-order valence-electron chi connectivity index (χ1n) is 8.11. The molecule has 0 N–H and O–H groups in total. The van der Waals surface area contributed by atoms with Crippen LogP contribution in [0.3, 0.4) is 0 Å². The van der Waals surface area contributed by atoms with Crippen molar-refractivity contribution in [2.45, 2.75) is 0 Å². The molecule has 0 unspecified atom stereocenters. The van der Waals surface area contributed by atoms with E-state index in [-0.39, 0.29) is 5.91 Å². The number of hydrogen-bond donors (Lipinski definition) is 0. The fourth-order valence-corrected chi connectivity index (χ4v) is 3.15. The van der Waals surface area contributed by atoms with E-state index in [1.807, 2.05) is 35.4 Å². The third-order valence-corrected chi connectivity index (χ3v) is 4.43. The minimum atomic E-state index is 0.0497. The largest absolute Gasteiger partial charge is 0.353 e. The summed E-state index contributed by atoms with van der Waals surface area (Å²) in [5, 5.41) is 2.35. The van der Waals surface area contributed by atoms with Crippen LogP contribution < -0.4 is 4.90 Å². The van der Waals surface area contributed by atoms with Gasteiger partial charge in [0.25, 0.3) is 5.91 Å². The van der Waals surface area contributed by atoms with E-state index in [1.54, 1.807) is 18.5 Å². The molecule has 0 spiro atoms. The average molecular weight is 318 g/mol. The first-order valence-corrected chi connectivity index (χ1v) is 8.11. The number of aromatic nitrogens is 2. The van der Waals surface area contributed by atoms with Crippen molar-refractivity contribution < 1.29 is 4.79 Å². The highest BCUT2D eigenvalue weighted by Crippen LogP contribution is 2.25. The van der Waals surface area contributed by atoms with E-state index in [2.05, 4.69) is 27.0 Å². The van der Waals surface area contributed by atoms with Crippen molar-refractivity contribution >= 4 is 22.5 Å². The summed E-state index contributed by atoms with van der Waals surface area (Å²) >= 11 is 0. The summed E-state index contributed by atoms with van der Waals surface area (Å²) < 4.78 is 0. The summed E-state index contributed by atoms with van der Waals surface area (Å²) in [6.07, 6.45) is 5.16. The van der Waals surface area contributed by atoms with E-state index in [0.717, 1.165) is 24.3 Å². The van der Waals surface area contributed by atoms with Crippen molar-refractivity contribution in [3.05, 3.63) is 66.6 Å². The van der Waals surface area contributed by atoms with E-state index in [9.17, 15) is 4.79 Å². The number of hydrogen-bond acceptors (Lipinski definition) is 4. The summed E-state index contributed by atoms with van der Waals surface area (Å²) in [7, 11) is 0. The quantitative estimate of drug-likeness (QED) is 0.729. The number of nitrogens with zero attached hydrogens (tertiary/aromatic N) is 4. The number of piperazine rings is 1. The second kappa shape index (κ2) is 6.28. The fraction of sp³-hybridized carbons (Fsp3) is 0.211. The van der Waals surface area contributed by atoms with Crippen LogP contribution >= 0.6 is 0 Å². The van der Waals surface area contributed by atoms with Crippen LogP contribution in [-0.4, -0.2) is 47.0 Å². The third kappa shape index (κ3) is 2.69. The Morgan fingerprint density at radius 1 is 0.917 bits per heavy atom. The van der Waals surface area contributed by atoms with E-state index in [4.69, 9.17) is 0 Å². The summed E-state index contributed by atoms with van der Waals surface area (Å²) in [4.78, 5) is 25.3. The summed E-state index contributed by atoms with van der Waals surface area (Å²) in [5.74, 6) is 1.05. The highest BCUT2D eigenvalue weighted by atomic mass is 16.2. The second-order valence-corrected chi connectivity index (χ2v) is 5.88. The van der Waals surface area contributed by atoms with Gasteiger partial charge in [-0.3, -0.25) is 9.78 Å². The van der Waals surface area contributed by atoms with Gasteiger partial charge in [-0.05, 0) is 23.6 Å². The second-order valence-electron chi connectivity index (χ2n) is 5.88. The van der Waals surface area contributed by atoms with E-state index in [1.165, 1.54) is 5.39 Å². The van der Waals surface area contributed by atoms with Gasteiger partial charge in [-0.25, -0.2) is 4.98 Å². The molecule has 1 saturated heterocycles. The van der Waals surface area contributed by atoms with Crippen LogP contribution in [0.4, 0.5) is 5.82 Å². The van der Waals surface area contributed by atoms with Crippen molar-refractivity contribution in [1.82, 2.24) is 14.9 Å². The van der Waals surface area contributed by atoms with Crippen molar-refractivity contribution in [2.24, 2.45) is 0 Å². The van der Waals surface area contributed by atoms with Crippen LogP contribution in [0.2, 0.25) is 0 Å². The Labute approximate surface area is 140 Å². The van der Waals surface area contributed by atoms with Crippen molar-refractivity contribution in [3.63, 3.8) is 0 Å². The normalized spacial score (nSPS) is 14.8. The molecule has 2 aromatic heterocycles. The maximum Gasteiger partial charge on any atom is 0.255 e. The lowest BCUT2D eigenvalue weighted by molar-refractivity contribution is 0.0746. The van der Waals surface area contributed by atoms with Gasteiger partial charge < -0.3 is 9.80 Å². The molecule has 0 saturated carbocycles. The molecular weight excluding hydrogens is 300 g/mol. The number of carbonyl (C=O) groups excluding carboxylic acids is 1. The van der Waals surface area contributed by atoms with E-state index in [0.29, 0.717) is 18.7 Å². The predicted molar refractivity (Wildman–Crippen MR) is 94.1 cm³/mol. The molecule has 3 heterocycles. The zero-order chi connectivity index (χ0) is 16.4. The minimum Gasteiger partial charge on any atom is -0.353 e. The number of amides is 1. The molecule has 24 heavy (non-hydrogen) atoms. The number of pyridine rings is 2. The molecule has 5 heteroatoms. The molecule has 0 aliphatic carbocycles. The Morgan fingerprint density at radius 3 is 2.54 bits per heavy atom. The zero-order valence-electron chi connectivity index (χ0n) is 13.3. The maximum absolute atomic E-state index is 12.5. The lowest BCUT2D eigenvalue weighted by Crippen LogP contribution is -2.49. The average Bonchev–Trinajstić information content (AvgIpc) is 2.68. The molecular formula is C19H18N4O. The summed E-state index contributed by atoms with van der Waals surface area (Å²) in [6.45, 7) is 2.96. The Bertz CT molecular complexity index is 852. The number of fused-ring (bicyclic) bond motifs is 1. The summed E-state index contributed by atoms with van der Waals surface area (Å²) in [6, 6.07) is 13.9. The smallest absolute Gasteiger partial charge is 0.255 e. The number of rotatable bonds is 2. The maximum atomic E-state index is 12.5. The molecule has 0 atom stereocenters. The lowest BCUT2D eigenvalue weighted by atomic mass is 10.1. The molecule has 3 aromatic rings. The minimum absolute atomic E-state index is 0.0497. The SMILES string of the molecule is O=C(c1cccnc1)N1CCN(c2nccc3ccccc23)CC1. The Morgan fingerprint density at radius 2 is 1.75 bits per heavy atom. The molecule has 1 aromatic carbocycles. The Hall–Kier alpha value is -2.95. The van der Waals surface area contributed by atoms with Crippen molar-refractivity contribution in [1.29, 1.82) is 0 Å². The first kappa shape index (κ1) is 14.6. The third-order valence-electron chi connectivity index (χ3n) is 4.43. The van der Waals surface area contributed by atoms with Crippen LogP contribution in [0.5, 0.6) is 0 Å². The fourth-order valence-electron chi connectivity index (χ4n) is 3.15. The van der Waals surface area contributed by atoms with Gasteiger partial charge in [0.1, 0.15) is 5.82 Å². The van der Waals surface area contributed by atoms with Crippen LogP contribution in [0.15, 0.2) is 61.1 Å². The molecule has 0 radical (unpaired) electrons. The van der Waals surface area contributed by atoms with Gasteiger partial charge in [0, 0.05) is 50.2 Å². The van der Waals surface area contributed by atoms with Crippen LogP contribution in [0.25, 0.3) is 10.8 Å². The molecule has 120 valence electrons. The molecule has 1 aliphatic heterocycles. The van der Waals surface area contributed by atoms with Gasteiger partial charge in [0.05, 0.1) is 5.56 Å². The molecule has 1 fully saturated rings. The van der Waals surface area contributed by atoms with Gasteiger partial charge >= 0.3 is 0 Å². The highest BCUT2D eigenvalue weighted by Gasteiger charge is 2.23. The monoisotopic (exact) mass is 318 g/mol. The van der Waals surface area contributed by atoms with Crippen molar-refractivity contribution in [3.8, 4) is 0 Å². The lowest BCUT2D eigenvalue weighted by Gasteiger charge is -2.35. The van der Waals surface area contributed by atoms with Gasteiger partial charge in [-0.2, -0.15) is 0 Å². The van der Waals surface area contributed by atoms with Gasteiger partial charge in [0.15, 0.2) is 0 Å². The van der Waals surface area contributed by atoms with Crippen LogP contribution in [-0.2, 0) is 0 Å². The number of carbonyl (C=O) groups is 1. The molecule has 1 aliphatic rings. The zero-order valence-corrected chi connectivity index (χ0v) is 13.3. The Balaban J connectivity index is 1.51. The predicted octanol–water partition coefficient (Wildman–Crippen LogP) is 2.59. The van der Waals surface area contributed by atoms with Gasteiger partial charge in [-0.15, -0.1) is 0 Å². The Kier molecular flexibility index (Phi) is 3.83.